The zero-order chi connectivity index (χ0) is 14.0. The summed E-state index contributed by atoms with van der Waals surface area (Å²) in [5.74, 6) is 0.752. The first kappa shape index (κ1) is 13.8. The number of hydrogen-bond acceptors (Lipinski definition) is 4. The van der Waals surface area contributed by atoms with Crippen LogP contribution in [-0.4, -0.2) is 32.8 Å². The number of aromatic amines is 1. The van der Waals surface area contributed by atoms with Crippen LogP contribution in [0.15, 0.2) is 9.59 Å². The predicted molar refractivity (Wildman–Crippen MR) is 71.7 cm³/mol. The van der Waals surface area contributed by atoms with Crippen molar-refractivity contribution in [3.05, 3.63) is 26.7 Å². The number of aromatic nitrogens is 4. The van der Waals surface area contributed by atoms with Gasteiger partial charge in [-0.3, -0.25) is 14.3 Å². The Labute approximate surface area is 113 Å². The fourth-order valence-corrected chi connectivity index (χ4v) is 2.25. The van der Waals surface area contributed by atoms with Crippen molar-refractivity contribution in [1.29, 1.82) is 0 Å². The van der Waals surface area contributed by atoms with E-state index < -0.39 is 11.2 Å². The van der Waals surface area contributed by atoms with Gasteiger partial charge in [-0.1, -0.05) is 0 Å². The standard InChI is InChI=1S/C11H15ClN4O3/c1-3-15-7(6-12)13-9-8(15)10(17)14-11(18)16(9)4-5-19-2/h3-6H2,1-2H3,(H,14,17,18). The Bertz CT molecular complexity index is 700. The highest BCUT2D eigenvalue weighted by atomic mass is 35.5. The van der Waals surface area contributed by atoms with E-state index in [0.29, 0.717) is 36.7 Å². The van der Waals surface area contributed by atoms with E-state index in [1.807, 2.05) is 6.92 Å². The summed E-state index contributed by atoms with van der Waals surface area (Å²) in [6.07, 6.45) is 0. The van der Waals surface area contributed by atoms with Gasteiger partial charge in [-0.2, -0.15) is 0 Å². The Hall–Kier alpha value is -1.60. The van der Waals surface area contributed by atoms with Crippen LogP contribution in [0.25, 0.3) is 11.2 Å². The molecule has 0 unspecified atom stereocenters. The van der Waals surface area contributed by atoms with Crippen LogP contribution < -0.4 is 11.2 Å². The highest BCUT2D eigenvalue weighted by Crippen LogP contribution is 2.12. The van der Waals surface area contributed by atoms with Crippen molar-refractivity contribution < 1.29 is 4.74 Å². The normalized spacial score (nSPS) is 11.3. The van der Waals surface area contributed by atoms with E-state index in [4.69, 9.17) is 16.3 Å². The van der Waals surface area contributed by atoms with E-state index in [2.05, 4.69) is 9.97 Å². The molecule has 2 aromatic rings. The van der Waals surface area contributed by atoms with Crippen LogP contribution in [-0.2, 0) is 23.7 Å². The topological polar surface area (TPSA) is 81.9 Å². The van der Waals surface area contributed by atoms with Crippen LogP contribution in [0.2, 0.25) is 0 Å². The number of aryl methyl sites for hydroxylation is 1. The van der Waals surface area contributed by atoms with Crippen LogP contribution in [0.1, 0.15) is 12.7 Å². The Balaban J connectivity index is 2.79. The SMILES string of the molecule is CCn1c(CCl)nc2c1c(=O)[nH]c(=O)n2CCOC. The summed E-state index contributed by atoms with van der Waals surface area (Å²) in [6.45, 7) is 3.13. The third-order valence-electron chi connectivity index (χ3n) is 2.92. The molecule has 2 aromatic heterocycles. The zero-order valence-corrected chi connectivity index (χ0v) is 11.5. The maximum absolute atomic E-state index is 11.9. The molecule has 0 fully saturated rings. The highest BCUT2D eigenvalue weighted by Gasteiger charge is 2.16. The molecule has 0 atom stereocenters. The van der Waals surface area contributed by atoms with E-state index in [0.717, 1.165) is 0 Å². The lowest BCUT2D eigenvalue weighted by molar-refractivity contribution is 0.187. The van der Waals surface area contributed by atoms with Crippen molar-refractivity contribution in [3.63, 3.8) is 0 Å². The minimum Gasteiger partial charge on any atom is -0.383 e. The first-order valence-corrected chi connectivity index (χ1v) is 6.44. The number of imidazole rings is 1. The van der Waals surface area contributed by atoms with Crippen LogP contribution >= 0.6 is 11.6 Å². The second kappa shape index (κ2) is 5.58. The lowest BCUT2D eigenvalue weighted by Gasteiger charge is -2.05. The van der Waals surface area contributed by atoms with Crippen molar-refractivity contribution in [2.24, 2.45) is 0 Å². The van der Waals surface area contributed by atoms with Gasteiger partial charge < -0.3 is 9.30 Å². The van der Waals surface area contributed by atoms with Crippen molar-refractivity contribution >= 4 is 22.8 Å². The predicted octanol–water partition coefficient (Wildman–Crippen LogP) is 0.291. The molecule has 8 heteroatoms. The molecule has 0 aliphatic heterocycles. The van der Waals surface area contributed by atoms with E-state index in [1.54, 1.807) is 11.7 Å². The fourth-order valence-electron chi connectivity index (χ4n) is 2.05. The summed E-state index contributed by atoms with van der Waals surface area (Å²) < 4.78 is 8.06. The number of fused-ring (bicyclic) bond motifs is 1. The van der Waals surface area contributed by atoms with Crippen molar-refractivity contribution in [3.8, 4) is 0 Å². The number of hydrogen-bond donors (Lipinski definition) is 1. The minimum absolute atomic E-state index is 0.181. The second-order valence-corrected chi connectivity index (χ2v) is 4.25. The lowest BCUT2D eigenvalue weighted by Crippen LogP contribution is -2.32. The average Bonchev–Trinajstić information content (AvgIpc) is 2.77. The monoisotopic (exact) mass is 286 g/mol. The average molecular weight is 287 g/mol. The molecule has 0 aromatic carbocycles. The Morgan fingerprint density at radius 3 is 2.68 bits per heavy atom. The maximum atomic E-state index is 11.9. The van der Waals surface area contributed by atoms with Gasteiger partial charge in [0.25, 0.3) is 5.56 Å². The van der Waals surface area contributed by atoms with E-state index >= 15 is 0 Å². The first-order valence-electron chi connectivity index (χ1n) is 5.91. The summed E-state index contributed by atoms with van der Waals surface area (Å²) in [7, 11) is 1.54. The smallest absolute Gasteiger partial charge is 0.330 e. The van der Waals surface area contributed by atoms with Crippen molar-refractivity contribution in [2.75, 3.05) is 13.7 Å². The van der Waals surface area contributed by atoms with E-state index in [1.165, 1.54) is 4.57 Å². The first-order chi connectivity index (χ1) is 9.13. The summed E-state index contributed by atoms with van der Waals surface area (Å²) in [5, 5.41) is 0. The summed E-state index contributed by atoms with van der Waals surface area (Å²) in [4.78, 5) is 30.3. The molecule has 2 rings (SSSR count). The number of halogens is 1. The minimum atomic E-state index is -0.489. The maximum Gasteiger partial charge on any atom is 0.330 e. The lowest BCUT2D eigenvalue weighted by atomic mass is 10.5. The van der Waals surface area contributed by atoms with Crippen LogP contribution in [0, 0.1) is 0 Å². The molecule has 104 valence electrons. The van der Waals surface area contributed by atoms with Gasteiger partial charge >= 0.3 is 5.69 Å². The Morgan fingerprint density at radius 2 is 2.11 bits per heavy atom. The largest absolute Gasteiger partial charge is 0.383 e. The molecular formula is C11H15ClN4O3. The van der Waals surface area contributed by atoms with Crippen LogP contribution in [0.4, 0.5) is 0 Å². The van der Waals surface area contributed by atoms with Gasteiger partial charge in [0.1, 0.15) is 5.82 Å². The Morgan fingerprint density at radius 1 is 1.37 bits per heavy atom. The molecule has 19 heavy (non-hydrogen) atoms. The van der Waals surface area contributed by atoms with Crippen LogP contribution in [0.3, 0.4) is 0 Å². The van der Waals surface area contributed by atoms with E-state index in [9.17, 15) is 9.59 Å². The van der Waals surface area contributed by atoms with Gasteiger partial charge in [0.15, 0.2) is 11.2 Å². The second-order valence-electron chi connectivity index (χ2n) is 3.98. The van der Waals surface area contributed by atoms with Gasteiger partial charge in [0.05, 0.1) is 19.0 Å². The number of methoxy groups -OCH3 is 1. The zero-order valence-electron chi connectivity index (χ0n) is 10.8. The van der Waals surface area contributed by atoms with Crippen molar-refractivity contribution in [1.82, 2.24) is 19.1 Å². The number of rotatable bonds is 5. The molecule has 0 bridgehead atoms. The molecule has 0 saturated heterocycles. The molecule has 2 heterocycles. The number of nitrogens with one attached hydrogen (secondary N) is 1. The number of H-pyrrole nitrogens is 1. The number of alkyl halides is 1. The van der Waals surface area contributed by atoms with Crippen molar-refractivity contribution in [2.45, 2.75) is 25.9 Å². The quantitative estimate of drug-likeness (QED) is 0.801. The molecule has 0 amide bonds. The molecule has 0 radical (unpaired) electrons. The van der Waals surface area contributed by atoms with E-state index in [-0.39, 0.29) is 5.88 Å². The summed E-state index contributed by atoms with van der Waals surface area (Å²) >= 11 is 5.82. The van der Waals surface area contributed by atoms with Gasteiger partial charge in [0.2, 0.25) is 0 Å². The summed E-state index contributed by atoms with van der Waals surface area (Å²) in [6, 6.07) is 0. The third-order valence-corrected chi connectivity index (χ3v) is 3.16. The molecule has 0 spiro atoms. The summed E-state index contributed by atoms with van der Waals surface area (Å²) in [5.41, 5.74) is -0.215. The molecule has 0 aliphatic carbocycles. The molecule has 7 nitrogen and oxygen atoms in total. The van der Waals surface area contributed by atoms with Gasteiger partial charge in [-0.05, 0) is 6.92 Å². The number of ether oxygens (including phenoxy) is 1. The molecule has 0 aliphatic rings. The number of nitrogens with zero attached hydrogens (tertiary/aromatic N) is 3. The fraction of sp³-hybridized carbons (Fsp3) is 0.545. The Kier molecular flexibility index (Phi) is 4.06. The van der Waals surface area contributed by atoms with Gasteiger partial charge in [0, 0.05) is 13.7 Å². The third kappa shape index (κ3) is 2.31. The molecule has 0 saturated carbocycles. The van der Waals surface area contributed by atoms with Crippen LogP contribution in [0.5, 0.6) is 0 Å². The van der Waals surface area contributed by atoms with Gasteiger partial charge in [-0.15, -0.1) is 11.6 Å². The molecule has 1 N–H and O–H groups in total. The van der Waals surface area contributed by atoms with Gasteiger partial charge in [-0.25, -0.2) is 9.78 Å². The highest BCUT2D eigenvalue weighted by molar-refractivity contribution is 6.16. The molecular weight excluding hydrogens is 272 g/mol.